The van der Waals surface area contributed by atoms with E-state index in [-0.39, 0.29) is 6.10 Å². The molecule has 1 heterocycles. The minimum Gasteiger partial charge on any atom is -0.444 e. The molecule has 0 fully saturated rings. The first kappa shape index (κ1) is 15.4. The quantitative estimate of drug-likeness (QED) is 0.917. The number of rotatable bonds is 4. The van der Waals surface area contributed by atoms with E-state index < -0.39 is 11.7 Å². The lowest BCUT2D eigenvalue weighted by Gasteiger charge is -2.21. The number of thiazole rings is 1. The fraction of sp³-hybridized carbons (Fsp3) is 0.636. The molecule has 1 unspecified atom stereocenters. The second kappa shape index (κ2) is 6.49. The van der Waals surface area contributed by atoms with Gasteiger partial charge in [0.1, 0.15) is 11.7 Å². The van der Waals surface area contributed by atoms with Crippen molar-refractivity contribution in [2.45, 2.75) is 32.5 Å². The van der Waals surface area contributed by atoms with Gasteiger partial charge in [-0.05, 0) is 36.7 Å². The van der Waals surface area contributed by atoms with E-state index in [0.717, 1.165) is 9.48 Å². The van der Waals surface area contributed by atoms with Crippen LogP contribution in [0.5, 0.6) is 0 Å². The number of carbonyl (C=O) groups excluding carboxylic acids is 1. The van der Waals surface area contributed by atoms with Gasteiger partial charge in [0.2, 0.25) is 0 Å². The van der Waals surface area contributed by atoms with Gasteiger partial charge in [-0.3, -0.25) is 0 Å². The Kier molecular flexibility index (Phi) is 5.55. The molecule has 0 aliphatic rings. The molecule has 7 heteroatoms. The molecule has 5 nitrogen and oxygen atoms in total. The Hall–Kier alpha value is -0.660. The third kappa shape index (κ3) is 4.91. The van der Waals surface area contributed by atoms with Gasteiger partial charge >= 0.3 is 6.09 Å². The zero-order chi connectivity index (χ0) is 13.8. The maximum absolute atomic E-state index is 11.5. The summed E-state index contributed by atoms with van der Waals surface area (Å²) in [5.41, 5.74) is 1.99. The van der Waals surface area contributed by atoms with Crippen LogP contribution in [0.4, 0.5) is 4.79 Å². The number of carbonyl (C=O) groups is 1. The summed E-state index contributed by atoms with van der Waals surface area (Å²) in [6, 6.07) is 0. The Bertz CT molecular complexity index is 403. The maximum atomic E-state index is 11.5. The SMILES string of the molecule is COC(CNC(=O)OC(C)(C)C)c1ncsc1Br. The summed E-state index contributed by atoms with van der Waals surface area (Å²) in [5.74, 6) is 0. The largest absolute Gasteiger partial charge is 0.444 e. The lowest BCUT2D eigenvalue weighted by Crippen LogP contribution is -2.35. The maximum Gasteiger partial charge on any atom is 0.407 e. The van der Waals surface area contributed by atoms with Crippen LogP contribution < -0.4 is 5.32 Å². The molecule has 1 aromatic rings. The van der Waals surface area contributed by atoms with E-state index in [1.54, 1.807) is 12.6 Å². The van der Waals surface area contributed by atoms with Gasteiger partial charge < -0.3 is 14.8 Å². The summed E-state index contributed by atoms with van der Waals surface area (Å²) in [7, 11) is 1.58. The number of nitrogens with zero attached hydrogens (tertiary/aromatic N) is 1. The highest BCUT2D eigenvalue weighted by Gasteiger charge is 2.20. The Morgan fingerprint density at radius 1 is 1.61 bits per heavy atom. The molecule has 1 N–H and O–H groups in total. The van der Waals surface area contributed by atoms with Gasteiger partial charge in [0.25, 0.3) is 0 Å². The summed E-state index contributed by atoms with van der Waals surface area (Å²) in [6.45, 7) is 5.76. The first-order chi connectivity index (χ1) is 8.33. The van der Waals surface area contributed by atoms with Crippen LogP contribution in [0.15, 0.2) is 9.30 Å². The standard InChI is InChI=1S/C11H17BrN2O3S/c1-11(2,3)17-10(15)13-5-7(16-4)8-9(12)18-6-14-8/h6-7H,5H2,1-4H3,(H,13,15). The third-order valence-electron chi connectivity index (χ3n) is 1.97. The molecule has 0 aliphatic carbocycles. The molecule has 1 rings (SSSR count). The van der Waals surface area contributed by atoms with Crippen LogP contribution in [-0.4, -0.2) is 30.3 Å². The Morgan fingerprint density at radius 3 is 2.72 bits per heavy atom. The summed E-state index contributed by atoms with van der Waals surface area (Å²) in [5, 5.41) is 2.66. The van der Waals surface area contributed by atoms with Crippen LogP contribution in [0, 0.1) is 0 Å². The molecule has 0 saturated heterocycles. The number of aromatic nitrogens is 1. The number of alkyl carbamates (subject to hydrolysis) is 1. The molecule has 1 amide bonds. The van der Waals surface area contributed by atoms with Crippen molar-refractivity contribution >= 4 is 33.4 Å². The fourth-order valence-electron chi connectivity index (χ4n) is 1.23. The van der Waals surface area contributed by atoms with E-state index >= 15 is 0 Å². The zero-order valence-electron chi connectivity index (χ0n) is 10.8. The molecule has 0 aliphatic heterocycles. The highest BCUT2D eigenvalue weighted by molar-refractivity contribution is 9.11. The Labute approximate surface area is 119 Å². The van der Waals surface area contributed by atoms with Crippen LogP contribution in [-0.2, 0) is 9.47 Å². The van der Waals surface area contributed by atoms with Crippen LogP contribution in [0.3, 0.4) is 0 Å². The molecular formula is C11H17BrN2O3S. The first-order valence-corrected chi connectivity index (χ1v) is 7.09. The van der Waals surface area contributed by atoms with Crippen molar-refractivity contribution in [2.75, 3.05) is 13.7 Å². The number of amides is 1. The van der Waals surface area contributed by atoms with Crippen molar-refractivity contribution in [2.24, 2.45) is 0 Å². The molecule has 102 valence electrons. The molecule has 1 aromatic heterocycles. The van der Waals surface area contributed by atoms with Gasteiger partial charge in [-0.2, -0.15) is 0 Å². The molecule has 0 bridgehead atoms. The molecule has 1 atom stereocenters. The van der Waals surface area contributed by atoms with Crippen LogP contribution in [0.1, 0.15) is 32.6 Å². The number of ether oxygens (including phenoxy) is 2. The van der Waals surface area contributed by atoms with Gasteiger partial charge in [0.05, 0.1) is 21.5 Å². The summed E-state index contributed by atoms with van der Waals surface area (Å²) < 4.78 is 11.3. The van der Waals surface area contributed by atoms with E-state index in [1.807, 2.05) is 20.8 Å². The normalized spacial score (nSPS) is 13.2. The van der Waals surface area contributed by atoms with E-state index in [1.165, 1.54) is 11.3 Å². The van der Waals surface area contributed by atoms with E-state index in [0.29, 0.717) is 6.54 Å². The van der Waals surface area contributed by atoms with Crippen molar-refractivity contribution < 1.29 is 14.3 Å². The van der Waals surface area contributed by atoms with Gasteiger partial charge in [0.15, 0.2) is 0 Å². The molecule has 0 spiro atoms. The monoisotopic (exact) mass is 336 g/mol. The summed E-state index contributed by atoms with van der Waals surface area (Å²) in [4.78, 5) is 15.7. The van der Waals surface area contributed by atoms with Crippen molar-refractivity contribution in [3.63, 3.8) is 0 Å². The van der Waals surface area contributed by atoms with Crippen LogP contribution in [0.25, 0.3) is 0 Å². The highest BCUT2D eigenvalue weighted by atomic mass is 79.9. The van der Waals surface area contributed by atoms with Gasteiger partial charge in [0, 0.05) is 7.11 Å². The van der Waals surface area contributed by atoms with Crippen molar-refractivity contribution in [1.82, 2.24) is 10.3 Å². The van der Waals surface area contributed by atoms with E-state index in [2.05, 4.69) is 26.2 Å². The lowest BCUT2D eigenvalue weighted by molar-refractivity contribution is 0.0452. The van der Waals surface area contributed by atoms with Crippen molar-refractivity contribution in [3.05, 3.63) is 15.0 Å². The Morgan fingerprint density at radius 2 is 2.28 bits per heavy atom. The minimum absolute atomic E-state index is 0.293. The highest BCUT2D eigenvalue weighted by Crippen LogP contribution is 2.27. The summed E-state index contributed by atoms with van der Waals surface area (Å²) in [6.07, 6.45) is -0.756. The predicted molar refractivity (Wildman–Crippen MR) is 73.8 cm³/mol. The average Bonchev–Trinajstić information content (AvgIpc) is 2.63. The van der Waals surface area contributed by atoms with E-state index in [4.69, 9.17) is 9.47 Å². The number of methoxy groups -OCH3 is 1. The first-order valence-electron chi connectivity index (χ1n) is 5.42. The van der Waals surface area contributed by atoms with Gasteiger partial charge in [-0.15, -0.1) is 11.3 Å². The molecule has 0 aromatic carbocycles. The topological polar surface area (TPSA) is 60.5 Å². The van der Waals surface area contributed by atoms with Crippen LogP contribution >= 0.6 is 27.3 Å². The third-order valence-corrected chi connectivity index (χ3v) is 3.56. The molecule has 18 heavy (non-hydrogen) atoms. The van der Waals surface area contributed by atoms with E-state index in [9.17, 15) is 4.79 Å². The number of hydrogen-bond donors (Lipinski definition) is 1. The minimum atomic E-state index is -0.506. The summed E-state index contributed by atoms with van der Waals surface area (Å²) >= 11 is 4.87. The Balaban J connectivity index is 2.51. The molecule has 0 radical (unpaired) electrons. The predicted octanol–water partition coefficient (Wildman–Crippen LogP) is 3.12. The smallest absolute Gasteiger partial charge is 0.407 e. The van der Waals surface area contributed by atoms with Crippen LogP contribution in [0.2, 0.25) is 0 Å². The number of halogens is 1. The number of nitrogens with one attached hydrogen (secondary N) is 1. The second-order valence-corrected chi connectivity index (χ2v) is 6.79. The average molecular weight is 337 g/mol. The fourth-order valence-corrected chi connectivity index (χ4v) is 2.40. The van der Waals surface area contributed by atoms with Gasteiger partial charge in [-0.25, -0.2) is 9.78 Å². The van der Waals surface area contributed by atoms with Gasteiger partial charge in [-0.1, -0.05) is 0 Å². The lowest BCUT2D eigenvalue weighted by atomic mass is 10.2. The molecule has 0 saturated carbocycles. The zero-order valence-corrected chi connectivity index (χ0v) is 13.2. The van der Waals surface area contributed by atoms with Crippen molar-refractivity contribution in [3.8, 4) is 0 Å². The number of hydrogen-bond acceptors (Lipinski definition) is 5. The second-order valence-electron chi connectivity index (χ2n) is 4.62. The molecular weight excluding hydrogens is 320 g/mol. The van der Waals surface area contributed by atoms with Crippen molar-refractivity contribution in [1.29, 1.82) is 0 Å².